The Bertz CT molecular complexity index is 933. The molecule has 0 heterocycles. The van der Waals surface area contributed by atoms with E-state index in [9.17, 15) is 14.4 Å². The zero-order valence-corrected chi connectivity index (χ0v) is 18.1. The first-order chi connectivity index (χ1) is 14.7. The number of benzene rings is 2. The minimum absolute atomic E-state index is 0.0763. The molecule has 1 atom stereocenters. The Kier molecular flexibility index (Phi) is 6.63. The van der Waals surface area contributed by atoms with Crippen LogP contribution in [0.15, 0.2) is 48.5 Å². The standard InChI is InChI=1S/C24H27NO6/c1-15(22(27)29-14-21(26)31-24(2,3)4)25-23(28)30-13-20-18-11-7-5-9-16(18)17-10-6-8-12-19(17)20/h5-12,15,20H,13-14H2,1-4H3,(H,25,28)/t15-/m0/s1. The van der Waals surface area contributed by atoms with E-state index in [4.69, 9.17) is 14.2 Å². The molecule has 31 heavy (non-hydrogen) atoms. The highest BCUT2D eigenvalue weighted by molar-refractivity contribution is 5.83. The van der Waals surface area contributed by atoms with E-state index in [0.717, 1.165) is 22.3 Å². The van der Waals surface area contributed by atoms with E-state index in [-0.39, 0.29) is 12.5 Å². The van der Waals surface area contributed by atoms with E-state index in [0.29, 0.717) is 0 Å². The Morgan fingerprint density at radius 3 is 2.03 bits per heavy atom. The first-order valence-corrected chi connectivity index (χ1v) is 10.2. The zero-order chi connectivity index (χ0) is 22.6. The summed E-state index contributed by atoms with van der Waals surface area (Å²) in [5.74, 6) is -1.49. The summed E-state index contributed by atoms with van der Waals surface area (Å²) in [7, 11) is 0. The van der Waals surface area contributed by atoms with Crippen LogP contribution >= 0.6 is 0 Å². The fourth-order valence-electron chi connectivity index (χ4n) is 3.50. The van der Waals surface area contributed by atoms with E-state index in [1.165, 1.54) is 6.92 Å². The van der Waals surface area contributed by atoms with Gasteiger partial charge in [-0.1, -0.05) is 48.5 Å². The fraction of sp³-hybridized carbons (Fsp3) is 0.375. The van der Waals surface area contributed by atoms with E-state index < -0.39 is 36.3 Å². The third-order valence-corrected chi connectivity index (χ3v) is 4.78. The third-order valence-electron chi connectivity index (χ3n) is 4.78. The van der Waals surface area contributed by atoms with Gasteiger partial charge < -0.3 is 19.5 Å². The Balaban J connectivity index is 1.51. The topological polar surface area (TPSA) is 90.9 Å². The van der Waals surface area contributed by atoms with Crippen LogP contribution in [-0.2, 0) is 23.8 Å². The molecular weight excluding hydrogens is 398 g/mol. The molecule has 0 fully saturated rings. The number of rotatable bonds is 6. The average Bonchev–Trinajstić information content (AvgIpc) is 3.03. The maximum atomic E-state index is 12.2. The number of ether oxygens (including phenoxy) is 3. The lowest BCUT2D eigenvalue weighted by molar-refractivity contribution is -0.167. The van der Waals surface area contributed by atoms with Crippen molar-refractivity contribution in [1.82, 2.24) is 5.32 Å². The van der Waals surface area contributed by atoms with Crippen LogP contribution in [0.2, 0.25) is 0 Å². The van der Waals surface area contributed by atoms with E-state index in [1.807, 2.05) is 36.4 Å². The molecule has 0 saturated carbocycles. The molecule has 1 aliphatic rings. The van der Waals surface area contributed by atoms with Crippen LogP contribution in [0.1, 0.15) is 44.7 Å². The smallest absolute Gasteiger partial charge is 0.407 e. The molecule has 1 N–H and O–H groups in total. The number of fused-ring (bicyclic) bond motifs is 3. The summed E-state index contributed by atoms with van der Waals surface area (Å²) < 4.78 is 15.4. The number of carbonyl (C=O) groups is 3. The molecular formula is C24H27NO6. The summed E-state index contributed by atoms with van der Waals surface area (Å²) in [6.07, 6.45) is -0.733. The summed E-state index contributed by atoms with van der Waals surface area (Å²) in [6.45, 7) is 6.22. The quantitative estimate of drug-likeness (QED) is 0.559. The summed E-state index contributed by atoms with van der Waals surface area (Å²) in [5, 5.41) is 2.44. The van der Waals surface area contributed by atoms with Crippen molar-refractivity contribution in [2.75, 3.05) is 13.2 Å². The summed E-state index contributed by atoms with van der Waals surface area (Å²) in [5.41, 5.74) is 3.79. The highest BCUT2D eigenvalue weighted by Crippen LogP contribution is 2.44. The van der Waals surface area contributed by atoms with Crippen molar-refractivity contribution in [2.24, 2.45) is 0 Å². The molecule has 0 unspecified atom stereocenters. The maximum Gasteiger partial charge on any atom is 0.407 e. The molecule has 7 heteroatoms. The average molecular weight is 425 g/mol. The number of esters is 2. The van der Waals surface area contributed by atoms with Gasteiger partial charge in [0.05, 0.1) is 0 Å². The normalized spacial score (nSPS) is 13.5. The molecule has 0 aliphatic heterocycles. The van der Waals surface area contributed by atoms with Crippen LogP contribution < -0.4 is 5.32 Å². The molecule has 1 amide bonds. The summed E-state index contributed by atoms with van der Waals surface area (Å²) >= 11 is 0. The maximum absolute atomic E-state index is 12.2. The van der Waals surface area contributed by atoms with Crippen LogP contribution in [0.3, 0.4) is 0 Å². The van der Waals surface area contributed by atoms with Gasteiger partial charge in [0, 0.05) is 5.92 Å². The predicted octanol–water partition coefficient (Wildman–Crippen LogP) is 3.80. The predicted molar refractivity (Wildman–Crippen MR) is 114 cm³/mol. The lowest BCUT2D eigenvalue weighted by Crippen LogP contribution is -2.41. The Hall–Kier alpha value is -3.35. The minimum Gasteiger partial charge on any atom is -0.457 e. The highest BCUT2D eigenvalue weighted by Gasteiger charge is 2.29. The SMILES string of the molecule is C[C@H](NC(=O)OCC1c2ccccc2-c2ccccc21)C(=O)OCC(=O)OC(C)(C)C. The molecule has 0 bridgehead atoms. The second kappa shape index (κ2) is 9.20. The monoisotopic (exact) mass is 425 g/mol. The minimum atomic E-state index is -0.974. The van der Waals surface area contributed by atoms with E-state index >= 15 is 0 Å². The van der Waals surface area contributed by atoms with Crippen LogP contribution in [0.5, 0.6) is 0 Å². The summed E-state index contributed by atoms with van der Waals surface area (Å²) in [4.78, 5) is 35.9. The molecule has 2 aromatic carbocycles. The van der Waals surface area contributed by atoms with Gasteiger partial charge in [-0.15, -0.1) is 0 Å². The van der Waals surface area contributed by atoms with Gasteiger partial charge in [-0.3, -0.25) is 0 Å². The largest absolute Gasteiger partial charge is 0.457 e. The van der Waals surface area contributed by atoms with Gasteiger partial charge >= 0.3 is 18.0 Å². The number of hydrogen-bond acceptors (Lipinski definition) is 6. The van der Waals surface area contributed by atoms with Crippen LogP contribution in [-0.4, -0.2) is 42.9 Å². The molecule has 2 aromatic rings. The lowest BCUT2D eigenvalue weighted by atomic mass is 9.98. The van der Waals surface area contributed by atoms with Crippen molar-refractivity contribution in [2.45, 2.75) is 45.3 Å². The van der Waals surface area contributed by atoms with Gasteiger partial charge in [0.15, 0.2) is 6.61 Å². The lowest BCUT2D eigenvalue weighted by Gasteiger charge is -2.20. The van der Waals surface area contributed by atoms with E-state index in [1.54, 1.807) is 20.8 Å². The number of amides is 1. The summed E-state index contributed by atoms with van der Waals surface area (Å²) in [6, 6.07) is 15.1. The molecule has 0 spiro atoms. The number of nitrogens with one attached hydrogen (secondary N) is 1. The third kappa shape index (κ3) is 5.63. The van der Waals surface area contributed by atoms with Crippen molar-refractivity contribution < 1.29 is 28.6 Å². The number of hydrogen-bond donors (Lipinski definition) is 1. The second-order valence-electron chi connectivity index (χ2n) is 8.39. The Morgan fingerprint density at radius 2 is 1.48 bits per heavy atom. The van der Waals surface area contributed by atoms with Gasteiger partial charge in [0.2, 0.25) is 0 Å². The van der Waals surface area contributed by atoms with Crippen molar-refractivity contribution in [3.8, 4) is 11.1 Å². The molecule has 0 aromatic heterocycles. The first-order valence-electron chi connectivity index (χ1n) is 10.2. The molecule has 0 radical (unpaired) electrons. The second-order valence-corrected chi connectivity index (χ2v) is 8.39. The van der Waals surface area contributed by atoms with Crippen molar-refractivity contribution in [1.29, 1.82) is 0 Å². The molecule has 3 rings (SSSR count). The number of alkyl carbamates (subject to hydrolysis) is 1. The van der Waals surface area contributed by atoms with Crippen molar-refractivity contribution in [3.63, 3.8) is 0 Å². The van der Waals surface area contributed by atoms with Crippen molar-refractivity contribution in [3.05, 3.63) is 59.7 Å². The zero-order valence-electron chi connectivity index (χ0n) is 18.1. The van der Waals surface area contributed by atoms with Crippen LogP contribution in [0.4, 0.5) is 4.79 Å². The van der Waals surface area contributed by atoms with Gasteiger partial charge in [0.1, 0.15) is 18.2 Å². The molecule has 164 valence electrons. The fourth-order valence-corrected chi connectivity index (χ4v) is 3.50. The number of carbonyl (C=O) groups excluding carboxylic acids is 3. The van der Waals surface area contributed by atoms with E-state index in [2.05, 4.69) is 17.4 Å². The van der Waals surface area contributed by atoms with Crippen LogP contribution in [0.25, 0.3) is 11.1 Å². The van der Waals surface area contributed by atoms with Gasteiger partial charge in [0.25, 0.3) is 0 Å². The highest BCUT2D eigenvalue weighted by atomic mass is 16.6. The van der Waals surface area contributed by atoms with Gasteiger partial charge in [-0.25, -0.2) is 14.4 Å². The Morgan fingerprint density at radius 1 is 0.935 bits per heavy atom. The van der Waals surface area contributed by atoms with Crippen LogP contribution in [0, 0.1) is 0 Å². The van der Waals surface area contributed by atoms with Gasteiger partial charge in [-0.05, 0) is 49.9 Å². The van der Waals surface area contributed by atoms with Gasteiger partial charge in [-0.2, -0.15) is 0 Å². The molecule has 1 aliphatic carbocycles. The van der Waals surface area contributed by atoms with Crippen molar-refractivity contribution >= 4 is 18.0 Å². The molecule has 0 saturated heterocycles. The molecule has 7 nitrogen and oxygen atoms in total. The first kappa shape index (κ1) is 22.3. The Labute approximate surface area is 181 Å².